The highest BCUT2D eigenvalue weighted by molar-refractivity contribution is 4.97. The van der Waals surface area contributed by atoms with Crippen LogP contribution in [0.4, 0.5) is 0 Å². The molecule has 0 radical (unpaired) electrons. The molecule has 1 nitrogen and oxygen atoms in total. The van der Waals surface area contributed by atoms with Crippen LogP contribution in [-0.2, 0) is 0 Å². The van der Waals surface area contributed by atoms with Crippen molar-refractivity contribution in [2.24, 2.45) is 5.41 Å². The lowest BCUT2D eigenvalue weighted by atomic mass is 10.00. The quantitative estimate of drug-likeness (QED) is 0.658. The summed E-state index contributed by atoms with van der Waals surface area (Å²) in [5.41, 5.74) is 0.628. The van der Waals surface area contributed by atoms with Crippen molar-refractivity contribution in [3.05, 3.63) is 0 Å². The Balaban J connectivity index is 2.25. The summed E-state index contributed by atoms with van der Waals surface area (Å²) in [7, 11) is 0. The molecule has 0 aliphatic heterocycles. The predicted molar refractivity (Wildman–Crippen MR) is 49.7 cm³/mol. The minimum atomic E-state index is 0.628. The Hall–Kier alpha value is -0.0400. The maximum atomic E-state index is 3.63. The van der Waals surface area contributed by atoms with Crippen LogP contribution in [0.25, 0.3) is 0 Å². The average molecular weight is 155 g/mol. The zero-order valence-electron chi connectivity index (χ0n) is 8.28. The van der Waals surface area contributed by atoms with E-state index in [4.69, 9.17) is 0 Å². The van der Waals surface area contributed by atoms with Gasteiger partial charge in [0, 0.05) is 12.1 Å². The van der Waals surface area contributed by atoms with Crippen molar-refractivity contribution < 1.29 is 0 Å². The van der Waals surface area contributed by atoms with Crippen molar-refractivity contribution >= 4 is 0 Å². The highest BCUT2D eigenvalue weighted by atomic mass is 15.0. The third-order valence-electron chi connectivity index (χ3n) is 3.23. The summed E-state index contributed by atoms with van der Waals surface area (Å²) in [6.07, 6.45) is 4.07. The molecule has 1 rings (SSSR count). The summed E-state index contributed by atoms with van der Waals surface area (Å²) in [5.74, 6) is 0. The minimum Gasteiger partial charge on any atom is -0.311 e. The van der Waals surface area contributed by atoms with Gasteiger partial charge in [0.1, 0.15) is 0 Å². The molecule has 0 amide bonds. The van der Waals surface area contributed by atoms with Crippen molar-refractivity contribution in [3.63, 3.8) is 0 Å². The lowest BCUT2D eigenvalue weighted by Gasteiger charge is -2.24. The molecule has 0 spiro atoms. The number of rotatable bonds is 4. The van der Waals surface area contributed by atoms with E-state index >= 15 is 0 Å². The van der Waals surface area contributed by atoms with Gasteiger partial charge in [0.2, 0.25) is 0 Å². The predicted octanol–water partition coefficient (Wildman–Crippen LogP) is 2.56. The second-order valence-corrected chi connectivity index (χ2v) is 4.35. The monoisotopic (exact) mass is 155 g/mol. The lowest BCUT2D eigenvalue weighted by molar-refractivity contribution is 0.343. The molecule has 1 aliphatic rings. The van der Waals surface area contributed by atoms with Crippen molar-refractivity contribution in [2.75, 3.05) is 0 Å². The average Bonchev–Trinajstić information content (AvgIpc) is 2.69. The first-order valence-corrected chi connectivity index (χ1v) is 4.84. The molecule has 0 aromatic carbocycles. The molecule has 1 saturated carbocycles. The smallest absolute Gasteiger partial charge is 0.00950 e. The van der Waals surface area contributed by atoms with Gasteiger partial charge >= 0.3 is 0 Å². The Bertz CT molecular complexity index is 127. The van der Waals surface area contributed by atoms with Crippen LogP contribution in [0, 0.1) is 5.41 Å². The second kappa shape index (κ2) is 3.14. The fourth-order valence-electron chi connectivity index (χ4n) is 1.38. The van der Waals surface area contributed by atoms with Crippen molar-refractivity contribution in [1.82, 2.24) is 5.32 Å². The molecule has 2 atom stereocenters. The van der Waals surface area contributed by atoms with E-state index in [2.05, 4.69) is 33.0 Å². The van der Waals surface area contributed by atoms with Crippen molar-refractivity contribution in [1.29, 1.82) is 0 Å². The molecular formula is C10H21N. The summed E-state index contributed by atoms with van der Waals surface area (Å²) >= 11 is 0. The van der Waals surface area contributed by atoms with Gasteiger partial charge in [-0.1, -0.05) is 13.8 Å². The third-order valence-corrected chi connectivity index (χ3v) is 3.23. The van der Waals surface area contributed by atoms with Crippen LogP contribution < -0.4 is 5.32 Å². The summed E-state index contributed by atoms with van der Waals surface area (Å²) < 4.78 is 0. The Morgan fingerprint density at radius 1 is 1.36 bits per heavy atom. The van der Waals surface area contributed by atoms with E-state index in [1.165, 1.54) is 19.3 Å². The third kappa shape index (κ3) is 2.19. The van der Waals surface area contributed by atoms with E-state index in [0.29, 0.717) is 17.5 Å². The summed E-state index contributed by atoms with van der Waals surface area (Å²) in [4.78, 5) is 0. The van der Waals surface area contributed by atoms with Gasteiger partial charge in [-0.15, -0.1) is 0 Å². The van der Waals surface area contributed by atoms with E-state index in [9.17, 15) is 0 Å². The van der Waals surface area contributed by atoms with E-state index < -0.39 is 0 Å². The largest absolute Gasteiger partial charge is 0.311 e. The molecule has 11 heavy (non-hydrogen) atoms. The van der Waals surface area contributed by atoms with Crippen LogP contribution in [0.3, 0.4) is 0 Å². The molecule has 1 heteroatoms. The molecule has 1 fully saturated rings. The van der Waals surface area contributed by atoms with Gasteiger partial charge in [-0.3, -0.25) is 0 Å². The van der Waals surface area contributed by atoms with E-state index in [0.717, 1.165) is 0 Å². The summed E-state index contributed by atoms with van der Waals surface area (Å²) in [6, 6.07) is 1.39. The number of nitrogens with one attached hydrogen (secondary N) is 1. The van der Waals surface area contributed by atoms with Crippen LogP contribution in [0.1, 0.15) is 47.0 Å². The van der Waals surface area contributed by atoms with Gasteiger partial charge in [0.25, 0.3) is 0 Å². The maximum absolute atomic E-state index is 3.63. The van der Waals surface area contributed by atoms with Crippen LogP contribution in [-0.4, -0.2) is 12.1 Å². The normalized spacial score (nSPS) is 26.2. The van der Waals surface area contributed by atoms with Crippen molar-refractivity contribution in [2.45, 2.75) is 59.0 Å². The zero-order chi connectivity index (χ0) is 8.48. The van der Waals surface area contributed by atoms with Gasteiger partial charge in [0.05, 0.1) is 0 Å². The Labute approximate surface area is 70.6 Å². The highest BCUT2D eigenvalue weighted by Gasteiger charge is 2.42. The molecule has 66 valence electrons. The van der Waals surface area contributed by atoms with E-state index in [1.807, 2.05) is 0 Å². The van der Waals surface area contributed by atoms with Crippen LogP contribution in [0.15, 0.2) is 0 Å². The van der Waals surface area contributed by atoms with Gasteiger partial charge < -0.3 is 5.32 Å². The second-order valence-electron chi connectivity index (χ2n) is 4.35. The van der Waals surface area contributed by atoms with Gasteiger partial charge in [0.15, 0.2) is 0 Å². The molecule has 0 saturated heterocycles. The first-order valence-electron chi connectivity index (χ1n) is 4.84. The van der Waals surface area contributed by atoms with Gasteiger partial charge in [-0.25, -0.2) is 0 Å². The standard InChI is InChI=1S/C10H21N/c1-5-8(2)11-9(3)10(4)6-7-10/h8-9,11H,5-7H2,1-4H3. The summed E-state index contributed by atoms with van der Waals surface area (Å²) in [6.45, 7) is 9.20. The molecule has 0 aromatic heterocycles. The first-order chi connectivity index (χ1) is 5.08. The topological polar surface area (TPSA) is 12.0 Å². The fourth-order valence-corrected chi connectivity index (χ4v) is 1.38. The minimum absolute atomic E-state index is 0.628. The van der Waals surface area contributed by atoms with Crippen LogP contribution in [0.2, 0.25) is 0 Å². The first kappa shape index (κ1) is 9.05. The molecular weight excluding hydrogens is 134 g/mol. The molecule has 1 aliphatic carbocycles. The highest BCUT2D eigenvalue weighted by Crippen LogP contribution is 2.48. The molecule has 0 bridgehead atoms. The van der Waals surface area contributed by atoms with Crippen molar-refractivity contribution in [3.8, 4) is 0 Å². The Kier molecular flexibility index (Phi) is 2.58. The summed E-state index contributed by atoms with van der Waals surface area (Å²) in [5, 5.41) is 3.63. The maximum Gasteiger partial charge on any atom is 0.00950 e. The Morgan fingerprint density at radius 3 is 2.27 bits per heavy atom. The zero-order valence-corrected chi connectivity index (χ0v) is 8.28. The lowest BCUT2D eigenvalue weighted by Crippen LogP contribution is -2.39. The molecule has 2 unspecified atom stereocenters. The van der Waals surface area contributed by atoms with E-state index in [-0.39, 0.29) is 0 Å². The molecule has 0 heterocycles. The SMILES string of the molecule is CCC(C)NC(C)C1(C)CC1. The fraction of sp³-hybridized carbons (Fsp3) is 1.00. The molecule has 0 aromatic rings. The number of hydrogen-bond donors (Lipinski definition) is 1. The van der Waals surface area contributed by atoms with Gasteiger partial charge in [-0.05, 0) is 38.5 Å². The van der Waals surface area contributed by atoms with E-state index in [1.54, 1.807) is 0 Å². The molecule has 1 N–H and O–H groups in total. The van der Waals surface area contributed by atoms with Gasteiger partial charge in [-0.2, -0.15) is 0 Å². The Morgan fingerprint density at radius 2 is 1.91 bits per heavy atom. The van der Waals surface area contributed by atoms with Crippen LogP contribution >= 0.6 is 0 Å². The number of hydrogen-bond acceptors (Lipinski definition) is 1. The van der Waals surface area contributed by atoms with Crippen LogP contribution in [0.5, 0.6) is 0 Å².